The summed E-state index contributed by atoms with van der Waals surface area (Å²) in [5.74, 6) is 13.8. The SMILES string of the molecule is C=CC(=O)OCCCCCSc1ccc(C#Cc2nnc(C#Cc3ccc(SCCCCCOC(=O)C=C)cc3)s2)cc1. The second kappa shape index (κ2) is 20.2. The van der Waals surface area contributed by atoms with E-state index in [1.807, 2.05) is 24.3 Å². The number of thioether (sulfide) groups is 2. The molecule has 9 heteroatoms. The van der Waals surface area contributed by atoms with Gasteiger partial charge in [0.1, 0.15) is 0 Å². The lowest BCUT2D eigenvalue weighted by molar-refractivity contribution is -0.138. The Morgan fingerprint density at radius 1 is 0.651 bits per heavy atom. The van der Waals surface area contributed by atoms with E-state index >= 15 is 0 Å². The Kier molecular flexibility index (Phi) is 15.8. The van der Waals surface area contributed by atoms with Gasteiger partial charge in [0.05, 0.1) is 13.2 Å². The molecule has 0 aliphatic rings. The van der Waals surface area contributed by atoms with E-state index in [0.717, 1.165) is 61.2 Å². The van der Waals surface area contributed by atoms with Crippen LogP contribution in [0.3, 0.4) is 0 Å². The molecule has 0 saturated carbocycles. The number of carbonyl (C=O) groups is 2. The highest BCUT2D eigenvalue weighted by Crippen LogP contribution is 2.21. The molecule has 0 aliphatic carbocycles. The molecule has 0 unspecified atom stereocenters. The highest BCUT2D eigenvalue weighted by molar-refractivity contribution is 7.99. The maximum absolute atomic E-state index is 11.0. The van der Waals surface area contributed by atoms with E-state index < -0.39 is 0 Å². The highest BCUT2D eigenvalue weighted by atomic mass is 32.2. The predicted molar refractivity (Wildman–Crippen MR) is 176 cm³/mol. The summed E-state index contributed by atoms with van der Waals surface area (Å²) in [4.78, 5) is 24.4. The lowest BCUT2D eigenvalue weighted by atomic mass is 10.2. The summed E-state index contributed by atoms with van der Waals surface area (Å²) in [6.07, 6.45) is 8.26. The van der Waals surface area contributed by atoms with Crippen molar-refractivity contribution in [2.75, 3.05) is 24.7 Å². The molecule has 222 valence electrons. The predicted octanol–water partition coefficient (Wildman–Crippen LogP) is 7.32. The molecule has 6 nitrogen and oxygen atoms in total. The molecule has 0 fully saturated rings. The molecule has 3 rings (SSSR count). The number of esters is 2. The first-order valence-corrected chi connectivity index (χ1v) is 16.8. The Hall–Kier alpha value is -3.76. The largest absolute Gasteiger partial charge is 0.463 e. The van der Waals surface area contributed by atoms with Gasteiger partial charge in [-0.25, -0.2) is 9.59 Å². The number of benzene rings is 2. The van der Waals surface area contributed by atoms with Crippen LogP contribution in [0.2, 0.25) is 0 Å². The molecule has 1 heterocycles. The molecule has 43 heavy (non-hydrogen) atoms. The Morgan fingerprint density at radius 2 is 1.07 bits per heavy atom. The average molecular weight is 631 g/mol. The van der Waals surface area contributed by atoms with Crippen molar-refractivity contribution < 1.29 is 19.1 Å². The van der Waals surface area contributed by atoms with E-state index in [2.05, 4.69) is 71.3 Å². The molecule has 0 aliphatic heterocycles. The minimum atomic E-state index is -0.363. The van der Waals surface area contributed by atoms with E-state index in [1.54, 1.807) is 23.5 Å². The number of ether oxygens (including phenoxy) is 2. The minimum Gasteiger partial charge on any atom is -0.463 e. The maximum atomic E-state index is 11.0. The third kappa shape index (κ3) is 14.3. The summed E-state index contributed by atoms with van der Waals surface area (Å²) >= 11 is 4.99. The van der Waals surface area contributed by atoms with Gasteiger partial charge in [-0.1, -0.05) is 36.3 Å². The summed E-state index contributed by atoms with van der Waals surface area (Å²) in [5.41, 5.74) is 1.84. The van der Waals surface area contributed by atoms with Gasteiger partial charge in [-0.3, -0.25) is 0 Å². The van der Waals surface area contributed by atoms with Crippen LogP contribution in [0.5, 0.6) is 0 Å². The van der Waals surface area contributed by atoms with Crippen molar-refractivity contribution in [3.63, 3.8) is 0 Å². The molecular formula is C34H34N2O4S3. The fourth-order valence-corrected chi connectivity index (χ4v) is 5.83. The third-order valence-electron chi connectivity index (χ3n) is 5.70. The molecule has 0 N–H and O–H groups in total. The van der Waals surface area contributed by atoms with Crippen molar-refractivity contribution in [1.29, 1.82) is 0 Å². The van der Waals surface area contributed by atoms with Crippen molar-refractivity contribution in [3.8, 4) is 23.7 Å². The number of hydrogen-bond acceptors (Lipinski definition) is 9. The topological polar surface area (TPSA) is 78.4 Å². The van der Waals surface area contributed by atoms with Gasteiger partial charge in [0.25, 0.3) is 0 Å². The first-order valence-electron chi connectivity index (χ1n) is 14.0. The van der Waals surface area contributed by atoms with Crippen molar-refractivity contribution >= 4 is 46.8 Å². The van der Waals surface area contributed by atoms with E-state index in [4.69, 9.17) is 9.47 Å². The molecule has 0 spiro atoms. The molecule has 0 radical (unpaired) electrons. The number of carbonyl (C=O) groups excluding carboxylic acids is 2. The van der Waals surface area contributed by atoms with Crippen LogP contribution in [0.1, 0.15) is 59.7 Å². The van der Waals surface area contributed by atoms with Crippen LogP contribution in [0, 0.1) is 23.7 Å². The lowest BCUT2D eigenvalue weighted by Gasteiger charge is -2.03. The molecule has 1 aromatic heterocycles. The van der Waals surface area contributed by atoms with Gasteiger partial charge in [-0.15, -0.1) is 33.7 Å². The van der Waals surface area contributed by atoms with E-state index in [0.29, 0.717) is 23.2 Å². The first-order chi connectivity index (χ1) is 21.1. The number of nitrogens with zero attached hydrogens (tertiary/aromatic N) is 2. The van der Waals surface area contributed by atoms with Crippen LogP contribution < -0.4 is 0 Å². The molecular weight excluding hydrogens is 597 g/mol. The number of hydrogen-bond donors (Lipinski definition) is 0. The van der Waals surface area contributed by atoms with Crippen molar-refractivity contribution in [2.24, 2.45) is 0 Å². The van der Waals surface area contributed by atoms with Gasteiger partial charge in [0.15, 0.2) is 10.0 Å². The Labute approximate surface area is 266 Å². The fraction of sp³-hybridized carbons (Fsp3) is 0.294. The standard InChI is InChI=1S/C34H34N2O4S3/c1-3-33(37)39-23-7-5-9-25-41-29-17-11-27(12-18-29)15-21-31-35-36-32(43-31)22-16-28-13-19-30(20-14-28)42-26-10-6-8-24-40-34(38)4-2/h3-4,11-14,17-20H,1-2,5-10,23-26H2. The van der Waals surface area contributed by atoms with Gasteiger partial charge in [0.2, 0.25) is 0 Å². The highest BCUT2D eigenvalue weighted by Gasteiger charge is 2.01. The molecule has 2 aromatic carbocycles. The van der Waals surface area contributed by atoms with Crippen LogP contribution in [0.15, 0.2) is 83.6 Å². The van der Waals surface area contributed by atoms with Crippen molar-refractivity contribution in [2.45, 2.75) is 48.3 Å². The van der Waals surface area contributed by atoms with E-state index in [-0.39, 0.29) is 11.9 Å². The summed E-state index contributed by atoms with van der Waals surface area (Å²) in [6, 6.07) is 16.4. The number of aromatic nitrogens is 2. The van der Waals surface area contributed by atoms with Gasteiger partial charge in [-0.05, 0) is 110 Å². The quantitative estimate of drug-likeness (QED) is 0.0536. The minimum absolute atomic E-state index is 0.363. The van der Waals surface area contributed by atoms with Crippen LogP contribution >= 0.6 is 34.9 Å². The lowest BCUT2D eigenvalue weighted by Crippen LogP contribution is -2.01. The second-order valence-electron chi connectivity index (χ2n) is 9.02. The average Bonchev–Trinajstić information content (AvgIpc) is 3.50. The maximum Gasteiger partial charge on any atom is 0.330 e. The summed E-state index contributed by atoms with van der Waals surface area (Å²) < 4.78 is 9.97. The van der Waals surface area contributed by atoms with Crippen LogP contribution in [0.25, 0.3) is 0 Å². The zero-order valence-corrected chi connectivity index (χ0v) is 26.5. The molecule has 3 aromatic rings. The van der Waals surface area contributed by atoms with Gasteiger partial charge in [0, 0.05) is 33.1 Å². The van der Waals surface area contributed by atoms with Gasteiger partial charge in [-0.2, -0.15) is 0 Å². The van der Waals surface area contributed by atoms with Crippen LogP contribution in [-0.4, -0.2) is 46.9 Å². The zero-order chi connectivity index (χ0) is 30.5. The molecule has 0 amide bonds. The third-order valence-corrected chi connectivity index (χ3v) is 8.65. The van der Waals surface area contributed by atoms with Crippen molar-refractivity contribution in [3.05, 3.63) is 95.0 Å². The van der Waals surface area contributed by atoms with E-state index in [1.165, 1.54) is 33.3 Å². The monoisotopic (exact) mass is 630 g/mol. The molecule has 0 saturated heterocycles. The number of rotatable bonds is 16. The second-order valence-corrected chi connectivity index (χ2v) is 12.3. The first kappa shape index (κ1) is 33.7. The van der Waals surface area contributed by atoms with Gasteiger partial charge < -0.3 is 9.47 Å². The smallest absolute Gasteiger partial charge is 0.330 e. The van der Waals surface area contributed by atoms with Crippen molar-refractivity contribution in [1.82, 2.24) is 10.2 Å². The van der Waals surface area contributed by atoms with Crippen LogP contribution in [-0.2, 0) is 19.1 Å². The Morgan fingerprint density at radius 3 is 1.47 bits per heavy atom. The summed E-state index contributed by atoms with van der Waals surface area (Å²) in [7, 11) is 0. The zero-order valence-electron chi connectivity index (χ0n) is 24.0. The Balaban J connectivity index is 1.35. The molecule has 0 atom stereocenters. The summed E-state index contributed by atoms with van der Waals surface area (Å²) in [6.45, 7) is 7.66. The van der Waals surface area contributed by atoms with E-state index in [9.17, 15) is 9.59 Å². The molecule has 0 bridgehead atoms. The normalized spacial score (nSPS) is 10.0. The fourth-order valence-electron chi connectivity index (χ4n) is 3.45. The van der Waals surface area contributed by atoms with Gasteiger partial charge >= 0.3 is 11.9 Å². The Bertz CT molecular complexity index is 1350. The summed E-state index contributed by atoms with van der Waals surface area (Å²) in [5, 5.41) is 9.58. The van der Waals surface area contributed by atoms with Crippen LogP contribution in [0.4, 0.5) is 0 Å². The number of unbranched alkanes of at least 4 members (excludes halogenated alkanes) is 4.